The van der Waals surface area contributed by atoms with Gasteiger partial charge in [0.25, 0.3) is 0 Å². The van der Waals surface area contributed by atoms with Gasteiger partial charge in [-0.15, -0.1) is 0 Å². The highest BCUT2D eigenvalue weighted by atomic mass is 35.5. The number of aliphatic hydroxyl groups is 1. The summed E-state index contributed by atoms with van der Waals surface area (Å²) in [7, 11) is -2.25. The highest BCUT2D eigenvalue weighted by Gasteiger charge is 2.38. The Morgan fingerprint density at radius 1 is 1.38 bits per heavy atom. The minimum absolute atomic E-state index is 0.0190. The van der Waals surface area contributed by atoms with Gasteiger partial charge in [0.2, 0.25) is 10.0 Å². The minimum atomic E-state index is -3.82. The second-order valence-electron chi connectivity index (χ2n) is 5.10. The predicted molar refractivity (Wildman–Crippen MR) is 81.2 cm³/mol. The molecule has 0 saturated heterocycles. The molecule has 2 rings (SSSR count). The van der Waals surface area contributed by atoms with Crippen molar-refractivity contribution in [2.24, 2.45) is 0 Å². The van der Waals surface area contributed by atoms with E-state index in [0.29, 0.717) is 0 Å². The summed E-state index contributed by atoms with van der Waals surface area (Å²) < 4.78 is 32.7. The van der Waals surface area contributed by atoms with E-state index in [2.05, 4.69) is 4.72 Å². The first kappa shape index (κ1) is 17.0. The molecule has 0 atom stereocenters. The monoisotopic (exact) mass is 353 g/mol. The van der Waals surface area contributed by atoms with Crippen LogP contribution in [0.5, 0.6) is 0 Å². The van der Waals surface area contributed by atoms with Crippen molar-refractivity contribution in [3.8, 4) is 0 Å². The van der Waals surface area contributed by atoms with Crippen molar-refractivity contribution in [2.75, 3.05) is 13.7 Å². The van der Waals surface area contributed by atoms with Gasteiger partial charge >= 0.3 is 0 Å². The van der Waals surface area contributed by atoms with Crippen molar-refractivity contribution >= 4 is 33.2 Å². The van der Waals surface area contributed by atoms with Crippen LogP contribution in [-0.2, 0) is 21.4 Å². The fourth-order valence-corrected chi connectivity index (χ4v) is 4.29. The largest absolute Gasteiger partial charge is 0.392 e. The molecule has 1 aliphatic carbocycles. The Bertz CT molecular complexity index is 624. The quantitative estimate of drug-likeness (QED) is 0.822. The number of halogens is 2. The lowest BCUT2D eigenvalue weighted by atomic mass is 9.80. The van der Waals surface area contributed by atoms with Crippen molar-refractivity contribution in [3.63, 3.8) is 0 Å². The molecule has 0 spiro atoms. The second-order valence-corrected chi connectivity index (χ2v) is 7.65. The normalized spacial score (nSPS) is 17.5. The van der Waals surface area contributed by atoms with Gasteiger partial charge < -0.3 is 9.84 Å². The summed E-state index contributed by atoms with van der Waals surface area (Å²) in [6.07, 6.45) is 2.65. The Morgan fingerprint density at radius 2 is 2.05 bits per heavy atom. The van der Waals surface area contributed by atoms with Gasteiger partial charge in [0.1, 0.15) is 4.90 Å². The molecule has 0 bridgehead atoms. The summed E-state index contributed by atoms with van der Waals surface area (Å²) in [6, 6.07) is 2.71. The first-order valence-corrected chi connectivity index (χ1v) is 8.71. The molecule has 0 amide bonds. The molecule has 1 fully saturated rings. The number of methoxy groups -OCH3 is 1. The van der Waals surface area contributed by atoms with Crippen LogP contribution in [0.3, 0.4) is 0 Å². The van der Waals surface area contributed by atoms with E-state index in [1.165, 1.54) is 12.1 Å². The van der Waals surface area contributed by atoms with Crippen LogP contribution in [0.2, 0.25) is 10.0 Å². The lowest BCUT2D eigenvalue weighted by Gasteiger charge is -2.40. The molecule has 0 aromatic heterocycles. The van der Waals surface area contributed by atoms with Gasteiger partial charge in [-0.3, -0.25) is 0 Å². The first-order chi connectivity index (χ1) is 9.83. The van der Waals surface area contributed by atoms with Crippen LogP contribution in [0, 0.1) is 0 Å². The van der Waals surface area contributed by atoms with Gasteiger partial charge in [0, 0.05) is 18.7 Å². The molecule has 8 heteroatoms. The number of hydrogen-bond acceptors (Lipinski definition) is 4. The van der Waals surface area contributed by atoms with Crippen LogP contribution in [0.4, 0.5) is 0 Å². The smallest absolute Gasteiger partial charge is 0.242 e. The lowest BCUT2D eigenvalue weighted by molar-refractivity contribution is -0.0659. The number of aliphatic hydroxyl groups excluding tert-OH is 1. The van der Waals surface area contributed by atoms with Crippen molar-refractivity contribution in [3.05, 3.63) is 27.7 Å². The van der Waals surface area contributed by atoms with Gasteiger partial charge in [0.15, 0.2) is 0 Å². The maximum atomic E-state index is 12.4. The summed E-state index contributed by atoms with van der Waals surface area (Å²) in [5.41, 5.74) is -0.160. The molecule has 21 heavy (non-hydrogen) atoms. The fraction of sp³-hybridized carbons (Fsp3) is 0.538. The van der Waals surface area contributed by atoms with E-state index in [0.717, 1.165) is 19.3 Å². The minimum Gasteiger partial charge on any atom is -0.392 e. The van der Waals surface area contributed by atoms with Crippen molar-refractivity contribution in [2.45, 2.75) is 36.4 Å². The number of nitrogens with one attached hydrogen (secondary N) is 1. The molecule has 5 nitrogen and oxygen atoms in total. The SMILES string of the molecule is COC1(CNS(=O)(=O)c2cc(Cl)cc(CO)c2Cl)CCC1. The molecule has 1 saturated carbocycles. The third-order valence-corrected chi connectivity index (χ3v) is 6.02. The zero-order valence-electron chi connectivity index (χ0n) is 11.5. The predicted octanol–water partition coefficient (Wildman–Crippen LogP) is 2.33. The third-order valence-electron chi connectivity index (χ3n) is 3.82. The van der Waals surface area contributed by atoms with Crippen molar-refractivity contribution < 1.29 is 18.3 Å². The fourth-order valence-electron chi connectivity index (χ4n) is 2.26. The van der Waals surface area contributed by atoms with E-state index in [1.807, 2.05) is 0 Å². The molecule has 0 radical (unpaired) electrons. The zero-order valence-corrected chi connectivity index (χ0v) is 13.9. The molecular formula is C13H17Cl2NO4S. The number of ether oxygens (including phenoxy) is 1. The number of rotatable bonds is 6. The van der Waals surface area contributed by atoms with Crippen LogP contribution < -0.4 is 4.72 Å². The molecule has 0 unspecified atom stereocenters. The van der Waals surface area contributed by atoms with E-state index >= 15 is 0 Å². The van der Waals surface area contributed by atoms with Crippen LogP contribution >= 0.6 is 23.2 Å². The van der Waals surface area contributed by atoms with Crippen molar-refractivity contribution in [1.82, 2.24) is 4.72 Å². The van der Waals surface area contributed by atoms with Crippen molar-refractivity contribution in [1.29, 1.82) is 0 Å². The lowest BCUT2D eigenvalue weighted by Crippen LogP contribution is -2.49. The maximum Gasteiger partial charge on any atom is 0.242 e. The third kappa shape index (κ3) is 3.52. The second kappa shape index (κ2) is 6.40. The van der Waals surface area contributed by atoms with Gasteiger partial charge in [-0.25, -0.2) is 13.1 Å². The number of benzene rings is 1. The van der Waals surface area contributed by atoms with Crippen LogP contribution in [0.25, 0.3) is 0 Å². The Balaban J connectivity index is 2.25. The van der Waals surface area contributed by atoms with Crippen LogP contribution in [0.1, 0.15) is 24.8 Å². The molecule has 2 N–H and O–H groups in total. The number of hydrogen-bond donors (Lipinski definition) is 2. The van der Waals surface area contributed by atoms with E-state index in [-0.39, 0.29) is 33.7 Å². The van der Waals surface area contributed by atoms with Gasteiger partial charge in [-0.1, -0.05) is 23.2 Å². The summed E-state index contributed by atoms with van der Waals surface area (Å²) >= 11 is 11.9. The van der Waals surface area contributed by atoms with Gasteiger partial charge in [-0.2, -0.15) is 0 Å². The highest BCUT2D eigenvalue weighted by Crippen LogP contribution is 2.35. The standard InChI is InChI=1S/C13H17Cl2NO4S/c1-20-13(3-2-4-13)8-16-21(18,19)11-6-10(14)5-9(7-17)12(11)15/h5-6,16-17H,2-4,7-8H2,1H3. The summed E-state index contributed by atoms with van der Waals surface area (Å²) in [6.45, 7) is -0.201. The average Bonchev–Trinajstić information content (AvgIpc) is 2.40. The summed E-state index contributed by atoms with van der Waals surface area (Å²) in [4.78, 5) is -0.133. The first-order valence-electron chi connectivity index (χ1n) is 6.47. The average molecular weight is 354 g/mol. The van der Waals surface area contributed by atoms with E-state index in [9.17, 15) is 13.5 Å². The van der Waals surface area contributed by atoms with Crippen LogP contribution in [-0.4, -0.2) is 32.8 Å². The molecule has 0 heterocycles. The zero-order chi connectivity index (χ0) is 15.7. The Morgan fingerprint density at radius 3 is 2.52 bits per heavy atom. The molecule has 1 aromatic rings. The van der Waals surface area contributed by atoms with Crippen LogP contribution in [0.15, 0.2) is 17.0 Å². The van der Waals surface area contributed by atoms with Gasteiger partial charge in [-0.05, 0) is 37.0 Å². The molecule has 1 aliphatic rings. The van der Waals surface area contributed by atoms with Gasteiger partial charge in [0.05, 0.1) is 17.2 Å². The topological polar surface area (TPSA) is 75.6 Å². The highest BCUT2D eigenvalue weighted by molar-refractivity contribution is 7.89. The Hall–Kier alpha value is -0.370. The Kier molecular flexibility index (Phi) is 5.18. The summed E-state index contributed by atoms with van der Waals surface area (Å²) in [5, 5.41) is 9.38. The molecule has 1 aromatic carbocycles. The van der Waals surface area contributed by atoms with E-state index in [1.54, 1.807) is 7.11 Å². The maximum absolute atomic E-state index is 12.4. The molecular weight excluding hydrogens is 337 g/mol. The van der Waals surface area contributed by atoms with E-state index in [4.69, 9.17) is 27.9 Å². The Labute approximate surface area is 134 Å². The number of sulfonamides is 1. The summed E-state index contributed by atoms with van der Waals surface area (Å²) in [5.74, 6) is 0. The molecule has 118 valence electrons. The van der Waals surface area contributed by atoms with E-state index < -0.39 is 15.6 Å². The molecule has 0 aliphatic heterocycles.